The van der Waals surface area contributed by atoms with Crippen molar-refractivity contribution in [3.05, 3.63) is 30.3 Å². The van der Waals surface area contributed by atoms with E-state index in [1.54, 1.807) is 11.8 Å². The molecule has 0 aliphatic heterocycles. The highest BCUT2D eigenvalue weighted by atomic mass is 32.2. The molecule has 1 aromatic carbocycles. The summed E-state index contributed by atoms with van der Waals surface area (Å²) in [4.78, 5) is 12.8. The minimum absolute atomic E-state index is 0.0814. The van der Waals surface area contributed by atoms with E-state index in [-0.39, 0.29) is 5.97 Å². The summed E-state index contributed by atoms with van der Waals surface area (Å²) in [5, 5.41) is 0. The van der Waals surface area contributed by atoms with Crippen LogP contribution in [0.1, 0.15) is 12.8 Å². The van der Waals surface area contributed by atoms with E-state index in [9.17, 15) is 4.79 Å². The summed E-state index contributed by atoms with van der Waals surface area (Å²) in [5.74, 6) is 0.871. The number of ether oxygens (including phenoxy) is 1. The number of carbonyl (C=O) groups excluding carboxylic acids is 1. The van der Waals surface area contributed by atoms with E-state index in [0.29, 0.717) is 13.0 Å². The molecule has 0 saturated carbocycles. The van der Waals surface area contributed by atoms with E-state index in [1.165, 1.54) is 4.90 Å². The van der Waals surface area contributed by atoms with Crippen molar-refractivity contribution in [3.63, 3.8) is 0 Å². The molecule has 0 amide bonds. The molecule has 0 atom stereocenters. The van der Waals surface area contributed by atoms with E-state index < -0.39 is 0 Å². The van der Waals surface area contributed by atoms with Crippen LogP contribution in [0.3, 0.4) is 0 Å². The summed E-state index contributed by atoms with van der Waals surface area (Å²) in [6.45, 7) is 1.36. The van der Waals surface area contributed by atoms with Crippen LogP contribution in [0, 0.1) is 0 Å². The first kappa shape index (κ1) is 16.1. The fourth-order valence-corrected chi connectivity index (χ4v) is 2.30. The van der Waals surface area contributed by atoms with Crippen LogP contribution in [-0.4, -0.2) is 50.5 Å². The van der Waals surface area contributed by atoms with E-state index in [1.807, 2.05) is 18.2 Å². The molecule has 0 aromatic heterocycles. The van der Waals surface area contributed by atoms with Gasteiger partial charge in [0.25, 0.3) is 0 Å². The summed E-state index contributed by atoms with van der Waals surface area (Å²) in [6.07, 6.45) is 1.37. The lowest BCUT2D eigenvalue weighted by Crippen LogP contribution is -2.38. The molecular formula is C15H24NO2S+. The van der Waals surface area contributed by atoms with Gasteiger partial charge in [-0.25, -0.2) is 0 Å². The number of rotatable bonds is 8. The van der Waals surface area contributed by atoms with Crippen molar-refractivity contribution < 1.29 is 14.0 Å². The lowest BCUT2D eigenvalue weighted by molar-refractivity contribution is -0.870. The summed E-state index contributed by atoms with van der Waals surface area (Å²) in [5.41, 5.74) is 0. The zero-order valence-electron chi connectivity index (χ0n) is 12.1. The molecule has 0 radical (unpaired) electrons. The van der Waals surface area contributed by atoms with Crippen molar-refractivity contribution in [3.8, 4) is 0 Å². The normalized spacial score (nSPS) is 11.3. The van der Waals surface area contributed by atoms with Gasteiger partial charge in [0.2, 0.25) is 0 Å². The molecule has 0 bridgehead atoms. The van der Waals surface area contributed by atoms with E-state index >= 15 is 0 Å². The third-order valence-electron chi connectivity index (χ3n) is 2.56. The number of esters is 1. The predicted octanol–water partition coefficient (Wildman–Crippen LogP) is 2.81. The number of thioether (sulfide) groups is 1. The molecular weight excluding hydrogens is 258 g/mol. The average Bonchev–Trinajstić information content (AvgIpc) is 2.34. The second-order valence-corrected chi connectivity index (χ2v) is 6.67. The number of hydrogen-bond acceptors (Lipinski definition) is 3. The minimum atomic E-state index is -0.0814. The number of nitrogens with zero attached hydrogens (tertiary/aromatic N) is 1. The number of carbonyl (C=O) groups is 1. The van der Waals surface area contributed by atoms with Gasteiger partial charge in [-0.3, -0.25) is 4.79 Å². The van der Waals surface area contributed by atoms with Crippen LogP contribution in [0.25, 0.3) is 0 Å². The van der Waals surface area contributed by atoms with E-state index in [2.05, 4.69) is 33.3 Å². The third kappa shape index (κ3) is 8.67. The van der Waals surface area contributed by atoms with E-state index in [0.717, 1.165) is 23.2 Å². The molecule has 0 fully saturated rings. The topological polar surface area (TPSA) is 26.3 Å². The predicted molar refractivity (Wildman–Crippen MR) is 80.3 cm³/mol. The summed E-state index contributed by atoms with van der Waals surface area (Å²) >= 11 is 1.78. The Morgan fingerprint density at radius 3 is 2.53 bits per heavy atom. The highest BCUT2D eigenvalue weighted by Crippen LogP contribution is 2.18. The highest BCUT2D eigenvalue weighted by molar-refractivity contribution is 7.99. The second kappa shape index (κ2) is 8.23. The quantitative estimate of drug-likeness (QED) is 0.317. The third-order valence-corrected chi connectivity index (χ3v) is 3.66. The van der Waals surface area contributed by atoms with Gasteiger partial charge < -0.3 is 9.22 Å². The molecule has 4 heteroatoms. The Labute approximate surface area is 120 Å². The largest absolute Gasteiger partial charge is 0.460 e. The first-order chi connectivity index (χ1) is 8.97. The Kier molecular flexibility index (Phi) is 6.95. The van der Waals surface area contributed by atoms with Gasteiger partial charge >= 0.3 is 5.97 Å². The Morgan fingerprint density at radius 2 is 1.89 bits per heavy atom. The SMILES string of the molecule is C[N+](C)(C)CCOC(=O)CCCSc1ccccc1. The molecule has 0 heterocycles. The van der Waals surface area contributed by atoms with Gasteiger partial charge in [0.1, 0.15) is 13.2 Å². The summed E-state index contributed by atoms with van der Waals surface area (Å²) < 4.78 is 6.02. The van der Waals surface area contributed by atoms with Crippen LogP contribution < -0.4 is 0 Å². The van der Waals surface area contributed by atoms with Crippen molar-refractivity contribution >= 4 is 17.7 Å². The fourth-order valence-electron chi connectivity index (χ4n) is 1.43. The smallest absolute Gasteiger partial charge is 0.306 e. The first-order valence-corrected chi connectivity index (χ1v) is 7.60. The van der Waals surface area contributed by atoms with Crippen molar-refractivity contribution in [2.24, 2.45) is 0 Å². The van der Waals surface area contributed by atoms with Crippen LogP contribution in [0.2, 0.25) is 0 Å². The number of quaternary nitrogens is 1. The molecule has 3 nitrogen and oxygen atoms in total. The highest BCUT2D eigenvalue weighted by Gasteiger charge is 2.09. The Hall–Kier alpha value is -1.00. The summed E-state index contributed by atoms with van der Waals surface area (Å²) in [6, 6.07) is 10.2. The Balaban J connectivity index is 2.05. The number of hydrogen-bond donors (Lipinski definition) is 0. The monoisotopic (exact) mass is 282 g/mol. The van der Waals surface area contributed by atoms with Crippen molar-refractivity contribution in [1.29, 1.82) is 0 Å². The second-order valence-electron chi connectivity index (χ2n) is 5.50. The Morgan fingerprint density at radius 1 is 1.21 bits per heavy atom. The van der Waals surface area contributed by atoms with Crippen LogP contribution in [0.15, 0.2) is 35.2 Å². The van der Waals surface area contributed by atoms with Crippen LogP contribution >= 0.6 is 11.8 Å². The minimum Gasteiger partial charge on any atom is -0.460 e. The van der Waals surface area contributed by atoms with Crippen molar-refractivity contribution in [2.45, 2.75) is 17.7 Å². The zero-order valence-corrected chi connectivity index (χ0v) is 12.9. The van der Waals surface area contributed by atoms with Crippen LogP contribution in [0.4, 0.5) is 0 Å². The van der Waals surface area contributed by atoms with Gasteiger partial charge in [-0.15, -0.1) is 11.8 Å². The fraction of sp³-hybridized carbons (Fsp3) is 0.533. The molecule has 19 heavy (non-hydrogen) atoms. The van der Waals surface area contributed by atoms with Gasteiger partial charge in [0.15, 0.2) is 0 Å². The van der Waals surface area contributed by atoms with Crippen LogP contribution in [0.5, 0.6) is 0 Å². The molecule has 1 rings (SSSR count). The maximum absolute atomic E-state index is 11.5. The maximum atomic E-state index is 11.5. The zero-order chi connectivity index (χ0) is 14.1. The van der Waals surface area contributed by atoms with Gasteiger partial charge in [-0.1, -0.05) is 18.2 Å². The van der Waals surface area contributed by atoms with Crippen molar-refractivity contribution in [1.82, 2.24) is 0 Å². The lowest BCUT2D eigenvalue weighted by Gasteiger charge is -2.23. The van der Waals surface area contributed by atoms with Gasteiger partial charge in [-0.05, 0) is 24.3 Å². The van der Waals surface area contributed by atoms with Gasteiger partial charge in [-0.2, -0.15) is 0 Å². The van der Waals surface area contributed by atoms with Crippen molar-refractivity contribution in [2.75, 3.05) is 40.0 Å². The molecule has 0 spiro atoms. The molecule has 0 aliphatic rings. The molecule has 0 saturated heterocycles. The molecule has 0 unspecified atom stereocenters. The average molecular weight is 282 g/mol. The van der Waals surface area contributed by atoms with Crippen LogP contribution in [-0.2, 0) is 9.53 Å². The summed E-state index contributed by atoms with van der Waals surface area (Å²) in [7, 11) is 6.26. The maximum Gasteiger partial charge on any atom is 0.306 e. The molecule has 0 aliphatic carbocycles. The van der Waals surface area contributed by atoms with E-state index in [4.69, 9.17) is 4.74 Å². The molecule has 1 aromatic rings. The molecule has 106 valence electrons. The molecule has 0 N–H and O–H groups in total. The Bertz CT molecular complexity index is 373. The first-order valence-electron chi connectivity index (χ1n) is 6.61. The number of likely N-dealkylation sites (N-methyl/N-ethyl adjacent to an activating group) is 1. The van der Waals surface area contributed by atoms with Gasteiger partial charge in [0.05, 0.1) is 21.1 Å². The number of benzene rings is 1. The standard InChI is InChI=1S/C15H24NO2S/c1-16(2,3)11-12-18-15(17)10-7-13-19-14-8-5-4-6-9-14/h4-6,8-9H,7,10-13H2,1-3H3/q+1. The lowest BCUT2D eigenvalue weighted by atomic mass is 10.3. The van der Waals surface area contributed by atoms with Gasteiger partial charge in [0, 0.05) is 11.3 Å².